The number of nitrogens with zero attached hydrogens (tertiary/aromatic N) is 1. The number of carbonyl (C=O) groups is 2. The largest absolute Gasteiger partial charge is 0.483 e. The highest BCUT2D eigenvalue weighted by Crippen LogP contribution is 2.33. The first-order valence-corrected chi connectivity index (χ1v) is 10.6. The Hall–Kier alpha value is -2.82. The predicted molar refractivity (Wildman–Crippen MR) is 112 cm³/mol. The van der Waals surface area contributed by atoms with Crippen molar-refractivity contribution >= 4 is 11.8 Å². The van der Waals surface area contributed by atoms with Crippen molar-refractivity contribution in [2.75, 3.05) is 13.2 Å². The highest BCUT2D eigenvalue weighted by Gasteiger charge is 2.36. The number of hydrogen-bond donors (Lipinski definition) is 1. The van der Waals surface area contributed by atoms with Gasteiger partial charge in [-0.1, -0.05) is 67.8 Å². The number of amides is 2. The number of fused-ring (bicyclic) bond motifs is 1. The second kappa shape index (κ2) is 9.12. The van der Waals surface area contributed by atoms with Crippen LogP contribution in [0.25, 0.3) is 0 Å². The Bertz CT molecular complexity index is 846. The molecule has 2 amide bonds. The lowest BCUT2D eigenvalue weighted by Crippen LogP contribution is -2.47. The average molecular weight is 392 g/mol. The third kappa shape index (κ3) is 4.61. The van der Waals surface area contributed by atoms with Crippen LogP contribution >= 0.6 is 0 Å². The van der Waals surface area contributed by atoms with Gasteiger partial charge >= 0.3 is 0 Å². The molecule has 5 nitrogen and oxygen atoms in total. The molecule has 0 aromatic heterocycles. The van der Waals surface area contributed by atoms with Crippen molar-refractivity contribution in [3.05, 3.63) is 65.7 Å². The summed E-state index contributed by atoms with van der Waals surface area (Å²) in [5, 5.41) is 3.22. The molecule has 152 valence electrons. The Morgan fingerprint density at radius 2 is 1.72 bits per heavy atom. The molecule has 0 bridgehead atoms. The van der Waals surface area contributed by atoms with Crippen LogP contribution < -0.4 is 10.1 Å². The summed E-state index contributed by atoms with van der Waals surface area (Å²) in [7, 11) is 0. The van der Waals surface area contributed by atoms with E-state index in [9.17, 15) is 9.59 Å². The normalized spacial score (nSPS) is 19.8. The van der Waals surface area contributed by atoms with Crippen LogP contribution in [0.1, 0.15) is 49.3 Å². The molecule has 1 aliphatic heterocycles. The molecule has 1 unspecified atom stereocenters. The quantitative estimate of drug-likeness (QED) is 0.845. The number of hydrogen-bond acceptors (Lipinski definition) is 3. The van der Waals surface area contributed by atoms with Crippen LogP contribution in [-0.4, -0.2) is 35.9 Å². The monoisotopic (exact) mass is 392 g/mol. The van der Waals surface area contributed by atoms with Crippen LogP contribution in [-0.2, 0) is 16.0 Å². The molecule has 1 fully saturated rings. The lowest BCUT2D eigenvalue weighted by molar-refractivity contribution is -0.141. The van der Waals surface area contributed by atoms with Gasteiger partial charge in [0.05, 0.1) is 0 Å². The number of carbonyl (C=O) groups excluding carboxylic acids is 2. The Morgan fingerprint density at radius 3 is 2.52 bits per heavy atom. The first-order valence-electron chi connectivity index (χ1n) is 10.6. The second-order valence-corrected chi connectivity index (χ2v) is 7.90. The summed E-state index contributed by atoms with van der Waals surface area (Å²) >= 11 is 0. The summed E-state index contributed by atoms with van der Waals surface area (Å²) in [6, 6.07) is 17.1. The second-order valence-electron chi connectivity index (χ2n) is 7.90. The summed E-state index contributed by atoms with van der Waals surface area (Å²) in [5.74, 6) is 0.365. The minimum Gasteiger partial charge on any atom is -0.483 e. The van der Waals surface area contributed by atoms with Gasteiger partial charge in [0.1, 0.15) is 11.8 Å². The van der Waals surface area contributed by atoms with Crippen LogP contribution in [0.3, 0.4) is 0 Å². The minimum atomic E-state index is -0.660. The third-order valence-corrected chi connectivity index (χ3v) is 5.88. The molecule has 4 rings (SSSR count). The maximum absolute atomic E-state index is 13.4. The van der Waals surface area contributed by atoms with Crippen LogP contribution in [0.15, 0.2) is 54.6 Å². The zero-order chi connectivity index (χ0) is 20.1. The van der Waals surface area contributed by atoms with Crippen molar-refractivity contribution in [2.45, 2.75) is 50.6 Å². The van der Waals surface area contributed by atoms with E-state index >= 15 is 0 Å². The van der Waals surface area contributed by atoms with Gasteiger partial charge in [0.2, 0.25) is 5.91 Å². The SMILES string of the molecule is O=C(NC1CCCCC1)C1c2ccccc2OCC(=O)N1CCc1ccccc1. The molecule has 1 saturated carbocycles. The maximum atomic E-state index is 13.4. The fourth-order valence-electron chi connectivity index (χ4n) is 4.33. The smallest absolute Gasteiger partial charge is 0.261 e. The third-order valence-electron chi connectivity index (χ3n) is 5.88. The zero-order valence-corrected chi connectivity index (χ0v) is 16.7. The molecule has 1 aliphatic carbocycles. The van der Waals surface area contributed by atoms with Crippen molar-refractivity contribution < 1.29 is 14.3 Å². The van der Waals surface area contributed by atoms with Gasteiger partial charge in [-0.15, -0.1) is 0 Å². The summed E-state index contributed by atoms with van der Waals surface area (Å²) in [6.07, 6.45) is 6.23. The number of nitrogens with one attached hydrogen (secondary N) is 1. The van der Waals surface area contributed by atoms with Crippen molar-refractivity contribution in [1.82, 2.24) is 10.2 Å². The Balaban J connectivity index is 1.60. The highest BCUT2D eigenvalue weighted by atomic mass is 16.5. The molecule has 0 saturated heterocycles. The molecule has 1 heterocycles. The maximum Gasteiger partial charge on any atom is 0.261 e. The molecule has 5 heteroatoms. The van der Waals surface area contributed by atoms with E-state index in [1.54, 1.807) is 4.90 Å². The lowest BCUT2D eigenvalue weighted by Gasteiger charge is -2.32. The highest BCUT2D eigenvalue weighted by molar-refractivity contribution is 5.90. The van der Waals surface area contributed by atoms with Crippen molar-refractivity contribution in [3.63, 3.8) is 0 Å². The number of ether oxygens (including phenoxy) is 1. The molecule has 0 radical (unpaired) electrons. The minimum absolute atomic E-state index is 0.0426. The van der Waals surface area contributed by atoms with Crippen LogP contribution in [0.5, 0.6) is 5.75 Å². The molecule has 1 N–H and O–H groups in total. The standard InChI is InChI=1S/C24H28N2O3/c27-22-17-29-21-14-8-7-13-20(21)23(24(28)25-19-11-5-2-6-12-19)26(22)16-15-18-9-3-1-4-10-18/h1,3-4,7-10,13-14,19,23H,2,5-6,11-12,15-17H2,(H,25,28). The molecule has 29 heavy (non-hydrogen) atoms. The molecular formula is C24H28N2O3. The van der Waals surface area contributed by atoms with Gasteiger partial charge < -0.3 is 15.0 Å². The van der Waals surface area contributed by atoms with Crippen molar-refractivity contribution in [3.8, 4) is 5.75 Å². The molecule has 2 aromatic rings. The van der Waals surface area contributed by atoms with E-state index in [2.05, 4.69) is 5.32 Å². The first kappa shape index (κ1) is 19.5. The topological polar surface area (TPSA) is 58.6 Å². The predicted octanol–water partition coefficient (Wildman–Crippen LogP) is 3.64. The van der Waals surface area contributed by atoms with Crippen LogP contribution in [0, 0.1) is 0 Å². The molecule has 1 atom stereocenters. The van der Waals surface area contributed by atoms with Gasteiger partial charge in [-0.05, 0) is 30.9 Å². The van der Waals surface area contributed by atoms with Crippen molar-refractivity contribution in [2.24, 2.45) is 0 Å². The van der Waals surface area contributed by atoms with Gasteiger partial charge in [0, 0.05) is 18.2 Å². The van der Waals surface area contributed by atoms with E-state index in [1.807, 2.05) is 54.6 Å². The van der Waals surface area contributed by atoms with Crippen LogP contribution in [0.4, 0.5) is 0 Å². The lowest BCUT2D eigenvalue weighted by atomic mass is 9.94. The summed E-state index contributed by atoms with van der Waals surface area (Å²) in [5.41, 5.74) is 1.91. The van der Waals surface area contributed by atoms with Gasteiger partial charge in [-0.25, -0.2) is 0 Å². The molecule has 0 spiro atoms. The molecule has 2 aromatic carbocycles. The first-order chi connectivity index (χ1) is 14.2. The summed E-state index contributed by atoms with van der Waals surface area (Å²) < 4.78 is 5.74. The van der Waals surface area contributed by atoms with Crippen molar-refractivity contribution in [1.29, 1.82) is 0 Å². The van der Waals surface area contributed by atoms with Gasteiger partial charge in [0.15, 0.2) is 6.61 Å². The number of rotatable bonds is 5. The zero-order valence-electron chi connectivity index (χ0n) is 16.7. The average Bonchev–Trinajstić information content (AvgIpc) is 2.90. The van der Waals surface area contributed by atoms with Gasteiger partial charge in [-0.3, -0.25) is 9.59 Å². The van der Waals surface area contributed by atoms with E-state index in [0.717, 1.165) is 36.8 Å². The van der Waals surface area contributed by atoms with E-state index in [-0.39, 0.29) is 24.5 Å². The molecule has 2 aliphatic rings. The van der Waals surface area contributed by atoms with Gasteiger partial charge in [-0.2, -0.15) is 0 Å². The number of benzene rings is 2. The number of para-hydroxylation sites is 1. The Kier molecular flexibility index (Phi) is 6.13. The summed E-state index contributed by atoms with van der Waals surface area (Å²) in [6.45, 7) is 0.433. The Morgan fingerprint density at radius 1 is 1.00 bits per heavy atom. The van der Waals surface area contributed by atoms with E-state index in [0.29, 0.717) is 18.7 Å². The van der Waals surface area contributed by atoms with E-state index < -0.39 is 6.04 Å². The molecular weight excluding hydrogens is 364 g/mol. The fourth-order valence-corrected chi connectivity index (χ4v) is 4.33. The van der Waals surface area contributed by atoms with E-state index in [1.165, 1.54) is 6.42 Å². The Labute approximate surface area is 172 Å². The summed E-state index contributed by atoms with van der Waals surface area (Å²) in [4.78, 5) is 28.0. The fraction of sp³-hybridized carbons (Fsp3) is 0.417. The van der Waals surface area contributed by atoms with Gasteiger partial charge in [0.25, 0.3) is 5.91 Å². The van der Waals surface area contributed by atoms with E-state index in [4.69, 9.17) is 4.74 Å². The van der Waals surface area contributed by atoms with Crippen LogP contribution in [0.2, 0.25) is 0 Å².